The van der Waals surface area contributed by atoms with Crippen molar-refractivity contribution in [3.05, 3.63) is 52.8 Å². The summed E-state index contributed by atoms with van der Waals surface area (Å²) in [6.45, 7) is 2.95. The maximum atomic E-state index is 13.0. The first-order chi connectivity index (χ1) is 14.4. The predicted octanol–water partition coefficient (Wildman–Crippen LogP) is 4.88. The minimum Gasteiger partial charge on any atom is -0.346 e. The number of H-pyrrole nitrogens is 1. The molecule has 4 heterocycles. The Hall–Kier alpha value is -2.38. The van der Waals surface area contributed by atoms with E-state index in [1.165, 1.54) is 16.0 Å². The first-order valence-corrected chi connectivity index (χ1v) is 10.5. The lowest BCUT2D eigenvalue weighted by atomic mass is 9.87. The molecule has 2 aliphatic rings. The second-order valence-corrected chi connectivity index (χ2v) is 8.52. The highest BCUT2D eigenvalue weighted by Gasteiger charge is 2.33. The lowest BCUT2D eigenvalue weighted by Gasteiger charge is -2.32. The molecule has 2 aliphatic heterocycles. The minimum absolute atomic E-state index is 0.276. The SMILES string of the molecule is Cc1c[nH]c2ncc(-c3cc4c(c(C5CCCN5)c3)CCN(CC(F)(F)F)C4)cc12. The largest absolute Gasteiger partial charge is 0.401 e. The van der Waals surface area contributed by atoms with Crippen molar-refractivity contribution in [2.45, 2.75) is 44.9 Å². The molecule has 158 valence electrons. The summed E-state index contributed by atoms with van der Waals surface area (Å²) in [6, 6.07) is 6.70. The van der Waals surface area contributed by atoms with Crippen molar-refractivity contribution in [2.75, 3.05) is 19.6 Å². The maximum absolute atomic E-state index is 13.0. The molecule has 3 aromatic rings. The van der Waals surface area contributed by atoms with E-state index in [2.05, 4.69) is 33.5 Å². The van der Waals surface area contributed by atoms with Gasteiger partial charge < -0.3 is 10.3 Å². The number of aryl methyl sites for hydroxylation is 1. The van der Waals surface area contributed by atoms with Gasteiger partial charge in [-0.05, 0) is 78.7 Å². The van der Waals surface area contributed by atoms with Crippen LogP contribution in [-0.4, -0.2) is 40.7 Å². The summed E-state index contributed by atoms with van der Waals surface area (Å²) < 4.78 is 38.9. The van der Waals surface area contributed by atoms with E-state index in [0.29, 0.717) is 19.5 Å². The molecule has 0 amide bonds. The van der Waals surface area contributed by atoms with Crippen LogP contribution in [0.1, 0.15) is 41.1 Å². The zero-order valence-electron chi connectivity index (χ0n) is 16.9. The standard InChI is InChI=1S/C23H25F3N4/c1-14-10-28-22-19(14)9-16(11-29-22)15-7-17-12-30(13-23(24,25)26)6-4-18(17)20(8-15)21-3-2-5-27-21/h7-11,21,27H,2-6,12-13H2,1H3,(H,28,29). The van der Waals surface area contributed by atoms with Gasteiger partial charge in [-0.25, -0.2) is 4.98 Å². The third-order valence-electron chi connectivity index (χ3n) is 6.36. The molecule has 1 unspecified atom stereocenters. The van der Waals surface area contributed by atoms with E-state index >= 15 is 0 Å². The Bertz CT molecular complexity index is 1080. The number of hydrogen-bond donors (Lipinski definition) is 2. The Morgan fingerprint density at radius 1 is 1.20 bits per heavy atom. The highest BCUT2D eigenvalue weighted by atomic mass is 19.4. The molecule has 30 heavy (non-hydrogen) atoms. The first kappa shape index (κ1) is 19.6. The smallest absolute Gasteiger partial charge is 0.346 e. The number of pyridine rings is 1. The Balaban J connectivity index is 1.58. The van der Waals surface area contributed by atoms with Crippen LogP contribution >= 0.6 is 0 Å². The Morgan fingerprint density at radius 2 is 2.07 bits per heavy atom. The number of rotatable bonds is 3. The van der Waals surface area contributed by atoms with Crippen molar-refractivity contribution < 1.29 is 13.2 Å². The summed E-state index contributed by atoms with van der Waals surface area (Å²) in [7, 11) is 0. The fraction of sp³-hybridized carbons (Fsp3) is 0.435. The van der Waals surface area contributed by atoms with Crippen LogP contribution in [0.4, 0.5) is 13.2 Å². The van der Waals surface area contributed by atoms with Crippen LogP contribution < -0.4 is 5.32 Å². The number of benzene rings is 1. The average molecular weight is 414 g/mol. The number of halogens is 3. The van der Waals surface area contributed by atoms with Crippen molar-refractivity contribution in [1.82, 2.24) is 20.2 Å². The van der Waals surface area contributed by atoms with E-state index in [-0.39, 0.29) is 6.04 Å². The fourth-order valence-corrected chi connectivity index (χ4v) is 4.90. The summed E-state index contributed by atoms with van der Waals surface area (Å²) in [5, 5.41) is 4.65. The molecule has 2 N–H and O–H groups in total. The molecule has 4 nitrogen and oxygen atoms in total. The third kappa shape index (κ3) is 3.72. The monoisotopic (exact) mass is 414 g/mol. The summed E-state index contributed by atoms with van der Waals surface area (Å²) in [6.07, 6.45) is 2.47. The molecule has 1 fully saturated rings. The summed E-state index contributed by atoms with van der Waals surface area (Å²) in [5.74, 6) is 0. The summed E-state index contributed by atoms with van der Waals surface area (Å²) in [4.78, 5) is 9.23. The zero-order chi connectivity index (χ0) is 20.9. The van der Waals surface area contributed by atoms with Crippen LogP contribution in [0, 0.1) is 6.92 Å². The lowest BCUT2D eigenvalue weighted by Crippen LogP contribution is -2.38. The Morgan fingerprint density at radius 3 is 2.83 bits per heavy atom. The zero-order valence-corrected chi connectivity index (χ0v) is 16.9. The molecule has 2 aromatic heterocycles. The van der Waals surface area contributed by atoms with Crippen molar-refractivity contribution in [1.29, 1.82) is 0 Å². The van der Waals surface area contributed by atoms with Crippen LogP contribution in [0.5, 0.6) is 0 Å². The molecular weight excluding hydrogens is 389 g/mol. The second kappa shape index (κ2) is 7.39. The van der Waals surface area contributed by atoms with Gasteiger partial charge in [-0.2, -0.15) is 13.2 Å². The lowest BCUT2D eigenvalue weighted by molar-refractivity contribution is -0.147. The summed E-state index contributed by atoms with van der Waals surface area (Å²) in [5.41, 5.74) is 7.50. The minimum atomic E-state index is -4.17. The van der Waals surface area contributed by atoms with E-state index in [0.717, 1.165) is 52.7 Å². The molecule has 5 rings (SSSR count). The molecule has 7 heteroatoms. The van der Waals surface area contributed by atoms with E-state index in [1.807, 2.05) is 19.3 Å². The van der Waals surface area contributed by atoms with Gasteiger partial charge in [-0.1, -0.05) is 0 Å². The van der Waals surface area contributed by atoms with Crippen LogP contribution in [0.3, 0.4) is 0 Å². The quantitative estimate of drug-likeness (QED) is 0.642. The molecule has 1 saturated heterocycles. The highest BCUT2D eigenvalue weighted by Crippen LogP contribution is 2.36. The van der Waals surface area contributed by atoms with E-state index in [4.69, 9.17) is 0 Å². The van der Waals surface area contributed by atoms with Crippen molar-refractivity contribution in [3.8, 4) is 11.1 Å². The number of hydrogen-bond acceptors (Lipinski definition) is 3. The van der Waals surface area contributed by atoms with Crippen molar-refractivity contribution >= 4 is 11.0 Å². The number of fused-ring (bicyclic) bond motifs is 2. The van der Waals surface area contributed by atoms with E-state index < -0.39 is 12.7 Å². The number of aromatic amines is 1. The van der Waals surface area contributed by atoms with Gasteiger partial charge in [0.05, 0.1) is 6.54 Å². The van der Waals surface area contributed by atoms with E-state index in [9.17, 15) is 13.2 Å². The van der Waals surface area contributed by atoms with Crippen molar-refractivity contribution in [2.24, 2.45) is 0 Å². The van der Waals surface area contributed by atoms with Crippen LogP contribution in [0.2, 0.25) is 0 Å². The number of nitrogens with zero attached hydrogens (tertiary/aromatic N) is 2. The fourth-order valence-electron chi connectivity index (χ4n) is 4.90. The van der Waals surface area contributed by atoms with Crippen LogP contribution in [0.15, 0.2) is 30.6 Å². The normalized spacial score (nSPS) is 20.1. The predicted molar refractivity (Wildman–Crippen MR) is 111 cm³/mol. The Labute approximate surface area is 173 Å². The molecule has 0 bridgehead atoms. The number of nitrogens with one attached hydrogen (secondary N) is 2. The third-order valence-corrected chi connectivity index (χ3v) is 6.36. The van der Waals surface area contributed by atoms with Gasteiger partial charge in [0, 0.05) is 42.5 Å². The molecular formula is C23H25F3N4. The van der Waals surface area contributed by atoms with Crippen molar-refractivity contribution in [3.63, 3.8) is 0 Å². The molecule has 0 saturated carbocycles. The van der Waals surface area contributed by atoms with Gasteiger partial charge in [-0.15, -0.1) is 0 Å². The number of aromatic nitrogens is 2. The maximum Gasteiger partial charge on any atom is 0.401 e. The van der Waals surface area contributed by atoms with Gasteiger partial charge in [0.1, 0.15) is 5.65 Å². The highest BCUT2D eigenvalue weighted by molar-refractivity contribution is 5.84. The van der Waals surface area contributed by atoms with Crippen LogP contribution in [0.25, 0.3) is 22.2 Å². The van der Waals surface area contributed by atoms with Gasteiger partial charge in [0.15, 0.2) is 0 Å². The molecule has 0 aliphatic carbocycles. The van der Waals surface area contributed by atoms with E-state index in [1.54, 1.807) is 0 Å². The van der Waals surface area contributed by atoms with Crippen LogP contribution in [-0.2, 0) is 13.0 Å². The average Bonchev–Trinajstić information content (AvgIpc) is 3.36. The molecule has 0 spiro atoms. The second-order valence-electron chi connectivity index (χ2n) is 8.52. The van der Waals surface area contributed by atoms with Gasteiger partial charge >= 0.3 is 6.18 Å². The van der Waals surface area contributed by atoms with Gasteiger partial charge in [0.25, 0.3) is 0 Å². The molecule has 0 radical (unpaired) electrons. The number of alkyl halides is 3. The summed E-state index contributed by atoms with van der Waals surface area (Å²) >= 11 is 0. The molecule has 1 aromatic carbocycles. The first-order valence-electron chi connectivity index (χ1n) is 10.5. The van der Waals surface area contributed by atoms with Gasteiger partial charge in [-0.3, -0.25) is 4.90 Å². The topological polar surface area (TPSA) is 44.0 Å². The Kier molecular flexibility index (Phi) is 4.82. The molecule has 1 atom stereocenters. The van der Waals surface area contributed by atoms with Gasteiger partial charge in [0.2, 0.25) is 0 Å².